The molecule has 0 spiro atoms. The zero-order chi connectivity index (χ0) is 19.7. The van der Waals surface area contributed by atoms with E-state index in [0.29, 0.717) is 6.42 Å². The standard InChI is InChI=1S/C22H35BrN2O2/c1-3-4-5-6-7-8-9-10-11-12-13-14-22(26)25-24-18-19-17-20(27-2)15-16-21(19)23/h15-18H,3-14H2,1-2H3,(H,25,26)/b24-18+. The fraction of sp³-hybridized carbons (Fsp3) is 0.636. The lowest BCUT2D eigenvalue weighted by atomic mass is 10.1. The summed E-state index contributed by atoms with van der Waals surface area (Å²) in [4.78, 5) is 11.8. The topological polar surface area (TPSA) is 50.7 Å². The van der Waals surface area contributed by atoms with E-state index < -0.39 is 0 Å². The maximum Gasteiger partial charge on any atom is 0.240 e. The van der Waals surface area contributed by atoms with Crippen LogP contribution in [0.2, 0.25) is 0 Å². The number of unbranched alkanes of at least 4 members (excludes halogenated alkanes) is 10. The number of amides is 1. The van der Waals surface area contributed by atoms with Gasteiger partial charge in [0.2, 0.25) is 5.91 Å². The molecule has 1 aromatic rings. The molecule has 1 amide bonds. The van der Waals surface area contributed by atoms with E-state index >= 15 is 0 Å². The molecule has 0 saturated heterocycles. The van der Waals surface area contributed by atoms with Gasteiger partial charge in [0.1, 0.15) is 5.75 Å². The van der Waals surface area contributed by atoms with Crippen LogP contribution in [0, 0.1) is 0 Å². The molecule has 0 aromatic heterocycles. The van der Waals surface area contributed by atoms with Crippen molar-refractivity contribution in [3.63, 3.8) is 0 Å². The molecule has 27 heavy (non-hydrogen) atoms. The van der Waals surface area contributed by atoms with Gasteiger partial charge >= 0.3 is 0 Å². The molecule has 0 aliphatic rings. The second-order valence-electron chi connectivity index (χ2n) is 6.97. The molecule has 0 radical (unpaired) electrons. The lowest BCUT2D eigenvalue weighted by Gasteiger charge is -2.04. The van der Waals surface area contributed by atoms with Crippen molar-refractivity contribution in [2.45, 2.75) is 84.0 Å². The highest BCUT2D eigenvalue weighted by Crippen LogP contribution is 2.20. The summed E-state index contributed by atoms with van der Waals surface area (Å²) in [5, 5.41) is 4.04. The van der Waals surface area contributed by atoms with Gasteiger partial charge < -0.3 is 4.74 Å². The molecule has 1 N–H and O–H groups in total. The van der Waals surface area contributed by atoms with Crippen molar-refractivity contribution in [1.29, 1.82) is 0 Å². The number of rotatable bonds is 15. The van der Waals surface area contributed by atoms with Crippen molar-refractivity contribution in [1.82, 2.24) is 5.43 Å². The van der Waals surface area contributed by atoms with Crippen molar-refractivity contribution >= 4 is 28.1 Å². The summed E-state index contributed by atoms with van der Waals surface area (Å²) in [6.07, 6.45) is 16.3. The zero-order valence-electron chi connectivity index (χ0n) is 16.9. The first kappa shape index (κ1) is 23.7. The molecule has 0 fully saturated rings. The van der Waals surface area contributed by atoms with Crippen LogP contribution in [0.25, 0.3) is 0 Å². The van der Waals surface area contributed by atoms with E-state index in [2.05, 4.69) is 33.4 Å². The van der Waals surface area contributed by atoms with Crippen LogP contribution < -0.4 is 10.2 Å². The molecule has 0 saturated carbocycles. The van der Waals surface area contributed by atoms with Gasteiger partial charge in [-0.1, -0.05) is 87.1 Å². The average molecular weight is 439 g/mol. The maximum absolute atomic E-state index is 11.8. The number of carbonyl (C=O) groups is 1. The van der Waals surface area contributed by atoms with Gasteiger partial charge in [0, 0.05) is 16.5 Å². The second-order valence-corrected chi connectivity index (χ2v) is 7.82. The third-order valence-electron chi connectivity index (χ3n) is 4.60. The lowest BCUT2D eigenvalue weighted by Crippen LogP contribution is -2.16. The fourth-order valence-corrected chi connectivity index (χ4v) is 3.28. The van der Waals surface area contributed by atoms with Crippen molar-refractivity contribution < 1.29 is 9.53 Å². The largest absolute Gasteiger partial charge is 0.497 e. The summed E-state index contributed by atoms with van der Waals surface area (Å²) in [5.74, 6) is 0.730. The summed E-state index contributed by atoms with van der Waals surface area (Å²) < 4.78 is 6.10. The number of nitrogens with one attached hydrogen (secondary N) is 1. The number of nitrogens with zero attached hydrogens (tertiary/aromatic N) is 1. The Morgan fingerprint density at radius 2 is 1.63 bits per heavy atom. The van der Waals surface area contributed by atoms with E-state index in [1.807, 2.05) is 18.2 Å². The van der Waals surface area contributed by atoms with Gasteiger partial charge in [-0.15, -0.1) is 0 Å². The van der Waals surface area contributed by atoms with Crippen LogP contribution in [0.15, 0.2) is 27.8 Å². The molecule has 0 atom stereocenters. The molecule has 0 heterocycles. The molecule has 1 aromatic carbocycles. The smallest absolute Gasteiger partial charge is 0.240 e. The molecular weight excluding hydrogens is 404 g/mol. The summed E-state index contributed by atoms with van der Waals surface area (Å²) in [5.41, 5.74) is 3.47. The summed E-state index contributed by atoms with van der Waals surface area (Å²) in [6, 6.07) is 5.63. The van der Waals surface area contributed by atoms with Crippen LogP contribution in [0.1, 0.15) is 89.5 Å². The van der Waals surface area contributed by atoms with Crippen molar-refractivity contribution in [2.24, 2.45) is 5.10 Å². The summed E-state index contributed by atoms with van der Waals surface area (Å²) in [6.45, 7) is 2.26. The normalized spacial score (nSPS) is 11.1. The molecular formula is C22H35BrN2O2. The van der Waals surface area contributed by atoms with Crippen molar-refractivity contribution in [2.75, 3.05) is 7.11 Å². The summed E-state index contributed by atoms with van der Waals surface area (Å²) >= 11 is 3.46. The zero-order valence-corrected chi connectivity index (χ0v) is 18.5. The minimum atomic E-state index is -0.0267. The number of carbonyl (C=O) groups excluding carboxylic acids is 1. The van der Waals surface area contributed by atoms with Crippen LogP contribution in [-0.2, 0) is 4.79 Å². The predicted molar refractivity (Wildman–Crippen MR) is 118 cm³/mol. The van der Waals surface area contributed by atoms with Gasteiger partial charge in [0.05, 0.1) is 13.3 Å². The van der Waals surface area contributed by atoms with Gasteiger partial charge in [-0.05, 0) is 24.6 Å². The van der Waals surface area contributed by atoms with Gasteiger partial charge in [0.15, 0.2) is 0 Å². The van der Waals surface area contributed by atoms with Crippen LogP contribution in [0.4, 0.5) is 0 Å². The maximum atomic E-state index is 11.8. The first-order chi connectivity index (χ1) is 13.2. The number of hydrogen-bond donors (Lipinski definition) is 1. The van der Waals surface area contributed by atoms with Crippen LogP contribution in [-0.4, -0.2) is 19.2 Å². The Labute approximate surface area is 173 Å². The number of benzene rings is 1. The predicted octanol–water partition coefficient (Wildman–Crippen LogP) is 6.61. The molecule has 152 valence electrons. The quantitative estimate of drug-likeness (QED) is 0.190. The van der Waals surface area contributed by atoms with E-state index in [4.69, 9.17) is 4.74 Å². The second kappa shape index (κ2) is 15.7. The minimum absolute atomic E-state index is 0.0267. The first-order valence-corrected chi connectivity index (χ1v) is 11.1. The molecule has 0 aliphatic carbocycles. The molecule has 4 nitrogen and oxygen atoms in total. The van der Waals surface area contributed by atoms with Gasteiger partial charge in [-0.3, -0.25) is 4.79 Å². The van der Waals surface area contributed by atoms with Crippen LogP contribution in [0.3, 0.4) is 0 Å². The SMILES string of the molecule is CCCCCCCCCCCCCC(=O)N/N=C/c1cc(OC)ccc1Br. The third kappa shape index (κ3) is 11.9. The highest BCUT2D eigenvalue weighted by Gasteiger charge is 2.02. The molecule has 0 aliphatic heterocycles. The number of hydrazone groups is 1. The number of hydrogen-bond acceptors (Lipinski definition) is 3. The monoisotopic (exact) mass is 438 g/mol. The van der Waals surface area contributed by atoms with E-state index in [0.717, 1.165) is 28.6 Å². The van der Waals surface area contributed by atoms with Gasteiger partial charge in [-0.2, -0.15) is 5.10 Å². The highest BCUT2D eigenvalue weighted by atomic mass is 79.9. The fourth-order valence-electron chi connectivity index (χ4n) is 2.93. The van der Waals surface area contributed by atoms with E-state index in [-0.39, 0.29) is 5.91 Å². The molecule has 0 unspecified atom stereocenters. The van der Waals surface area contributed by atoms with Crippen molar-refractivity contribution in [3.05, 3.63) is 28.2 Å². The Hall–Kier alpha value is -1.36. The Morgan fingerprint density at radius 1 is 1.04 bits per heavy atom. The molecule has 1 rings (SSSR count). The van der Waals surface area contributed by atoms with Crippen LogP contribution in [0.5, 0.6) is 5.75 Å². The van der Waals surface area contributed by atoms with E-state index in [1.165, 1.54) is 57.8 Å². The Balaban J connectivity index is 2.04. The first-order valence-electron chi connectivity index (χ1n) is 10.3. The Morgan fingerprint density at radius 3 is 2.22 bits per heavy atom. The van der Waals surface area contributed by atoms with Gasteiger partial charge in [0.25, 0.3) is 0 Å². The van der Waals surface area contributed by atoms with Crippen LogP contribution >= 0.6 is 15.9 Å². The summed E-state index contributed by atoms with van der Waals surface area (Å²) in [7, 11) is 1.62. The van der Waals surface area contributed by atoms with Crippen molar-refractivity contribution in [3.8, 4) is 5.75 Å². The van der Waals surface area contributed by atoms with E-state index in [1.54, 1.807) is 13.3 Å². The highest BCUT2D eigenvalue weighted by molar-refractivity contribution is 9.10. The number of ether oxygens (including phenoxy) is 1. The minimum Gasteiger partial charge on any atom is -0.497 e. The molecule has 0 bridgehead atoms. The Kier molecular flexibility index (Phi) is 13.7. The lowest BCUT2D eigenvalue weighted by molar-refractivity contribution is -0.121. The third-order valence-corrected chi connectivity index (χ3v) is 5.33. The Bertz CT molecular complexity index is 561. The van der Waals surface area contributed by atoms with E-state index in [9.17, 15) is 4.79 Å². The molecule has 5 heteroatoms. The van der Waals surface area contributed by atoms with Gasteiger partial charge in [-0.25, -0.2) is 5.43 Å². The average Bonchev–Trinajstić information content (AvgIpc) is 2.67. The number of halogens is 1. The number of methoxy groups -OCH3 is 1.